The molecule has 3 saturated heterocycles. The predicted octanol–water partition coefficient (Wildman–Crippen LogP) is 2.69. The van der Waals surface area contributed by atoms with Crippen LogP contribution in [0.5, 0.6) is 5.75 Å². The molecule has 0 amide bonds. The summed E-state index contributed by atoms with van der Waals surface area (Å²) in [5.74, 6) is 0.637. The number of rotatable bonds is 5. The van der Waals surface area contributed by atoms with E-state index in [4.69, 9.17) is 5.73 Å². The molecule has 0 radical (unpaired) electrons. The zero-order valence-corrected chi connectivity index (χ0v) is 20.0. The van der Waals surface area contributed by atoms with E-state index >= 15 is 0 Å². The fraction of sp³-hybridized carbons (Fsp3) is 0.407. The van der Waals surface area contributed by atoms with Crippen molar-refractivity contribution < 1.29 is 5.11 Å². The van der Waals surface area contributed by atoms with Crippen LogP contribution in [0.4, 0.5) is 17.2 Å². The highest BCUT2D eigenvalue weighted by Crippen LogP contribution is 2.39. The summed E-state index contributed by atoms with van der Waals surface area (Å²) in [4.78, 5) is 7.52. The first kappa shape index (κ1) is 22.1. The number of anilines is 3. The van der Waals surface area contributed by atoms with Crippen LogP contribution in [-0.2, 0) is 6.54 Å². The van der Waals surface area contributed by atoms with Gasteiger partial charge in [-0.3, -0.25) is 4.90 Å². The van der Waals surface area contributed by atoms with E-state index in [2.05, 4.69) is 54.5 Å². The van der Waals surface area contributed by atoms with Crippen molar-refractivity contribution in [3.63, 3.8) is 0 Å². The molecule has 35 heavy (non-hydrogen) atoms. The van der Waals surface area contributed by atoms with Gasteiger partial charge in [-0.15, -0.1) is 10.2 Å². The van der Waals surface area contributed by atoms with Crippen molar-refractivity contribution in [2.75, 3.05) is 54.8 Å². The van der Waals surface area contributed by atoms with Gasteiger partial charge in [0.1, 0.15) is 5.75 Å². The maximum atomic E-state index is 10.3. The molecule has 3 aromatic rings. The monoisotopic (exact) mass is 471 g/mol. The van der Waals surface area contributed by atoms with Crippen molar-refractivity contribution in [3.05, 3.63) is 60.2 Å². The molecule has 3 fully saturated rings. The summed E-state index contributed by atoms with van der Waals surface area (Å²) in [5, 5.41) is 22.2. The minimum Gasteiger partial charge on any atom is -0.507 e. The number of fused-ring (bicyclic) bond motifs is 2. The van der Waals surface area contributed by atoms with E-state index < -0.39 is 0 Å². The fourth-order valence-electron chi connectivity index (χ4n) is 5.93. The van der Waals surface area contributed by atoms with Crippen LogP contribution in [0.2, 0.25) is 0 Å². The van der Waals surface area contributed by atoms with Crippen LogP contribution in [0, 0.1) is 0 Å². The molecule has 0 saturated carbocycles. The molecule has 2 atom stereocenters. The first-order valence-electron chi connectivity index (χ1n) is 12.6. The van der Waals surface area contributed by atoms with Crippen molar-refractivity contribution in [2.24, 2.45) is 0 Å². The Morgan fingerprint density at radius 2 is 1.71 bits per heavy atom. The number of nitrogens with two attached hydrogens (primary N) is 1. The van der Waals surface area contributed by atoms with E-state index in [0.717, 1.165) is 51.5 Å². The SMILES string of the molecule is Nc1nnc(-c2ccccc2O)cc1N1C[C@H]2CC[C@@H](C1)N2c1cccc(CN2CCNCC2)c1. The van der Waals surface area contributed by atoms with Gasteiger partial charge in [0, 0.05) is 69.1 Å². The molecule has 182 valence electrons. The summed E-state index contributed by atoms with van der Waals surface area (Å²) in [6.45, 7) is 7.17. The van der Waals surface area contributed by atoms with E-state index in [1.165, 1.54) is 24.1 Å². The van der Waals surface area contributed by atoms with Crippen LogP contribution < -0.4 is 20.9 Å². The first-order valence-corrected chi connectivity index (χ1v) is 12.6. The lowest BCUT2D eigenvalue weighted by Crippen LogP contribution is -2.54. The molecule has 0 unspecified atom stereocenters. The molecular formula is C27H33N7O. The molecule has 0 aliphatic carbocycles. The minimum absolute atomic E-state index is 0.197. The molecule has 0 spiro atoms. The van der Waals surface area contributed by atoms with Crippen molar-refractivity contribution >= 4 is 17.2 Å². The smallest absolute Gasteiger partial charge is 0.169 e. The fourth-order valence-corrected chi connectivity index (χ4v) is 5.93. The number of nitrogens with one attached hydrogen (secondary N) is 1. The average molecular weight is 472 g/mol. The van der Waals surface area contributed by atoms with Gasteiger partial charge in [-0.2, -0.15) is 0 Å². The van der Waals surface area contributed by atoms with Crippen molar-refractivity contribution in [2.45, 2.75) is 31.5 Å². The molecule has 8 heteroatoms. The lowest BCUT2D eigenvalue weighted by atomic mass is 10.1. The highest BCUT2D eigenvalue weighted by molar-refractivity contribution is 5.74. The lowest BCUT2D eigenvalue weighted by molar-refractivity contribution is 0.233. The van der Waals surface area contributed by atoms with E-state index in [1.54, 1.807) is 12.1 Å². The number of hydrogen-bond acceptors (Lipinski definition) is 8. The Balaban J connectivity index is 1.22. The number of piperazine rings is 2. The minimum atomic E-state index is 0.197. The highest BCUT2D eigenvalue weighted by atomic mass is 16.3. The van der Waals surface area contributed by atoms with Gasteiger partial charge >= 0.3 is 0 Å². The number of aromatic hydroxyl groups is 1. The zero-order valence-electron chi connectivity index (χ0n) is 20.0. The van der Waals surface area contributed by atoms with E-state index in [1.807, 2.05) is 18.2 Å². The summed E-state index contributed by atoms with van der Waals surface area (Å²) in [7, 11) is 0. The van der Waals surface area contributed by atoms with E-state index in [0.29, 0.717) is 29.2 Å². The van der Waals surface area contributed by atoms with Crippen LogP contribution >= 0.6 is 0 Å². The highest BCUT2D eigenvalue weighted by Gasteiger charge is 2.40. The molecule has 1 aromatic heterocycles. The predicted molar refractivity (Wildman–Crippen MR) is 140 cm³/mol. The number of para-hydroxylation sites is 1. The quantitative estimate of drug-likeness (QED) is 0.523. The Morgan fingerprint density at radius 3 is 2.49 bits per heavy atom. The Kier molecular flexibility index (Phi) is 5.91. The van der Waals surface area contributed by atoms with Crippen molar-refractivity contribution in [1.29, 1.82) is 0 Å². The number of phenolic OH excluding ortho intramolecular Hbond substituents is 1. The molecule has 4 N–H and O–H groups in total. The average Bonchev–Trinajstić information content (AvgIpc) is 3.15. The van der Waals surface area contributed by atoms with E-state index in [9.17, 15) is 5.11 Å². The molecule has 3 aliphatic heterocycles. The summed E-state index contributed by atoms with van der Waals surface area (Å²) in [6.07, 6.45) is 2.35. The zero-order chi connectivity index (χ0) is 23.8. The standard InChI is InChI=1S/C27H33N7O/c28-27-25(15-24(30-31-27)23-6-1-2-7-26(23)35)33-17-21-8-9-22(18-33)34(21)20-5-3-4-19(14-20)16-32-12-10-29-11-13-32/h1-7,14-15,21-22,29,35H,8-13,16-18H2,(H2,28,31)/t21-,22+. The summed E-state index contributed by atoms with van der Waals surface area (Å²) >= 11 is 0. The number of hydrogen-bond donors (Lipinski definition) is 3. The Labute approximate surface area is 206 Å². The third-order valence-electron chi connectivity index (χ3n) is 7.63. The first-order chi connectivity index (χ1) is 17.2. The molecule has 4 heterocycles. The maximum Gasteiger partial charge on any atom is 0.169 e. The van der Waals surface area contributed by atoms with Crippen LogP contribution in [0.3, 0.4) is 0 Å². The Hall–Kier alpha value is -3.36. The second kappa shape index (κ2) is 9.36. The van der Waals surface area contributed by atoms with E-state index in [-0.39, 0.29) is 5.75 Å². The number of nitrogens with zero attached hydrogens (tertiary/aromatic N) is 5. The summed E-state index contributed by atoms with van der Waals surface area (Å²) in [5.41, 5.74) is 11.2. The van der Waals surface area contributed by atoms with Gasteiger partial charge in [0.25, 0.3) is 0 Å². The summed E-state index contributed by atoms with van der Waals surface area (Å²) in [6, 6.07) is 19.2. The second-order valence-corrected chi connectivity index (χ2v) is 9.91. The Morgan fingerprint density at radius 1 is 0.943 bits per heavy atom. The molecule has 2 aromatic carbocycles. The third-order valence-corrected chi connectivity index (χ3v) is 7.63. The number of benzene rings is 2. The molecule has 3 aliphatic rings. The van der Waals surface area contributed by atoms with Gasteiger partial charge in [-0.25, -0.2) is 0 Å². The van der Waals surface area contributed by atoms with Gasteiger partial charge < -0.3 is 26.0 Å². The maximum absolute atomic E-state index is 10.3. The van der Waals surface area contributed by atoms with Crippen LogP contribution in [0.15, 0.2) is 54.6 Å². The van der Waals surface area contributed by atoms with Crippen molar-refractivity contribution in [3.8, 4) is 17.0 Å². The number of phenols is 1. The van der Waals surface area contributed by atoms with Gasteiger partial charge in [-0.1, -0.05) is 24.3 Å². The summed E-state index contributed by atoms with van der Waals surface area (Å²) < 4.78 is 0. The van der Waals surface area contributed by atoms with Gasteiger partial charge in [-0.05, 0) is 48.7 Å². The third kappa shape index (κ3) is 4.39. The Bertz CT molecular complexity index is 1180. The van der Waals surface area contributed by atoms with Crippen LogP contribution in [0.1, 0.15) is 18.4 Å². The molecule has 8 nitrogen and oxygen atoms in total. The lowest BCUT2D eigenvalue weighted by Gasteiger charge is -2.43. The molecule has 2 bridgehead atoms. The number of nitrogen functional groups attached to an aromatic ring is 1. The van der Waals surface area contributed by atoms with Gasteiger partial charge in [0.05, 0.1) is 11.4 Å². The number of aromatic nitrogens is 2. The molecular weight excluding hydrogens is 438 g/mol. The van der Waals surface area contributed by atoms with Gasteiger partial charge in [0.2, 0.25) is 0 Å². The topological polar surface area (TPSA) is 93.8 Å². The van der Waals surface area contributed by atoms with Crippen molar-refractivity contribution in [1.82, 2.24) is 20.4 Å². The molecule has 6 rings (SSSR count). The normalized spacial score (nSPS) is 22.5. The van der Waals surface area contributed by atoms with Crippen LogP contribution in [0.25, 0.3) is 11.3 Å². The largest absolute Gasteiger partial charge is 0.507 e. The van der Waals surface area contributed by atoms with Gasteiger partial charge in [0.15, 0.2) is 5.82 Å². The van der Waals surface area contributed by atoms with Crippen LogP contribution in [-0.4, -0.2) is 71.6 Å². The second-order valence-electron chi connectivity index (χ2n) is 9.91.